The molecule has 0 saturated heterocycles. The third kappa shape index (κ3) is 5.23. The zero-order chi connectivity index (χ0) is 11.8. The second-order valence-electron chi connectivity index (χ2n) is 3.98. The number of methoxy groups -OCH3 is 1. The van der Waals surface area contributed by atoms with Crippen molar-refractivity contribution in [1.29, 1.82) is 0 Å². The number of hydrogen-bond acceptors (Lipinski definition) is 5. The lowest BCUT2D eigenvalue weighted by Crippen LogP contribution is -2.28. The highest BCUT2D eigenvalue weighted by atomic mass is 16.5. The fraction of sp³-hybridized carbons (Fsp3) is 0.818. The lowest BCUT2D eigenvalue weighted by molar-refractivity contribution is 0.185. The van der Waals surface area contributed by atoms with E-state index in [1.54, 1.807) is 7.11 Å². The highest BCUT2D eigenvalue weighted by Crippen LogP contribution is 1.99. The number of nitrogens with zero attached hydrogens (tertiary/aromatic N) is 2. The summed E-state index contributed by atoms with van der Waals surface area (Å²) >= 11 is 0. The van der Waals surface area contributed by atoms with Crippen LogP contribution in [0.5, 0.6) is 0 Å². The fourth-order valence-electron chi connectivity index (χ4n) is 1.43. The average molecular weight is 227 g/mol. The molecule has 1 heterocycles. The minimum Gasteiger partial charge on any atom is -0.385 e. The van der Waals surface area contributed by atoms with Gasteiger partial charge in [-0.1, -0.05) is 5.16 Å². The highest BCUT2D eigenvalue weighted by Gasteiger charge is 2.03. The van der Waals surface area contributed by atoms with Crippen molar-refractivity contribution < 1.29 is 9.26 Å². The van der Waals surface area contributed by atoms with Gasteiger partial charge in [-0.3, -0.25) is 0 Å². The van der Waals surface area contributed by atoms with E-state index in [2.05, 4.69) is 22.4 Å². The van der Waals surface area contributed by atoms with Crippen molar-refractivity contribution in [2.24, 2.45) is 0 Å². The van der Waals surface area contributed by atoms with Crippen LogP contribution in [0.1, 0.15) is 31.5 Å². The van der Waals surface area contributed by atoms with Crippen LogP contribution in [0.4, 0.5) is 0 Å². The van der Waals surface area contributed by atoms with E-state index >= 15 is 0 Å². The Morgan fingerprint density at radius 1 is 1.50 bits per heavy atom. The van der Waals surface area contributed by atoms with Crippen molar-refractivity contribution >= 4 is 0 Å². The quantitative estimate of drug-likeness (QED) is 0.679. The van der Waals surface area contributed by atoms with Gasteiger partial charge in [-0.25, -0.2) is 0 Å². The Kier molecular flexibility index (Phi) is 6.03. The summed E-state index contributed by atoms with van der Waals surface area (Å²) in [5.74, 6) is 1.43. The standard InChI is InChI=1S/C11H21N3O2/c1-9(6-8-15-3)12-7-4-5-11-13-10(2)14-16-11/h9,12H,4-8H2,1-3H3. The molecule has 0 amide bonds. The van der Waals surface area contributed by atoms with Crippen molar-refractivity contribution in [2.75, 3.05) is 20.3 Å². The minimum absolute atomic E-state index is 0.490. The summed E-state index contributed by atoms with van der Waals surface area (Å²) < 4.78 is 10.0. The van der Waals surface area contributed by atoms with Crippen molar-refractivity contribution in [3.8, 4) is 0 Å². The highest BCUT2D eigenvalue weighted by molar-refractivity contribution is 4.82. The number of ether oxygens (including phenoxy) is 1. The van der Waals surface area contributed by atoms with Crippen LogP contribution >= 0.6 is 0 Å². The van der Waals surface area contributed by atoms with Crippen LogP contribution in [0, 0.1) is 6.92 Å². The molecule has 92 valence electrons. The number of aryl methyl sites for hydroxylation is 2. The van der Waals surface area contributed by atoms with Crippen LogP contribution in [0.15, 0.2) is 4.52 Å². The van der Waals surface area contributed by atoms with Crippen LogP contribution in [0.25, 0.3) is 0 Å². The van der Waals surface area contributed by atoms with Gasteiger partial charge in [0.05, 0.1) is 0 Å². The topological polar surface area (TPSA) is 60.2 Å². The molecule has 0 aromatic carbocycles. The Hall–Kier alpha value is -0.940. The average Bonchev–Trinajstić information content (AvgIpc) is 2.67. The maximum absolute atomic E-state index is 5.03. The summed E-state index contributed by atoms with van der Waals surface area (Å²) in [6, 6.07) is 0.490. The van der Waals surface area contributed by atoms with E-state index in [4.69, 9.17) is 9.26 Å². The van der Waals surface area contributed by atoms with E-state index in [-0.39, 0.29) is 0 Å². The second-order valence-corrected chi connectivity index (χ2v) is 3.98. The largest absolute Gasteiger partial charge is 0.385 e. The van der Waals surface area contributed by atoms with E-state index < -0.39 is 0 Å². The van der Waals surface area contributed by atoms with E-state index in [0.29, 0.717) is 11.9 Å². The molecular formula is C11H21N3O2. The Balaban J connectivity index is 2.03. The molecule has 16 heavy (non-hydrogen) atoms. The minimum atomic E-state index is 0.490. The van der Waals surface area contributed by atoms with Gasteiger partial charge in [-0.05, 0) is 33.2 Å². The Morgan fingerprint density at radius 3 is 2.94 bits per heavy atom. The molecule has 1 atom stereocenters. The second kappa shape index (κ2) is 7.35. The van der Waals surface area contributed by atoms with Crippen LogP contribution < -0.4 is 5.32 Å². The molecule has 1 aromatic rings. The molecule has 1 N–H and O–H groups in total. The van der Waals surface area contributed by atoms with Crippen molar-refractivity contribution in [2.45, 2.75) is 39.2 Å². The van der Waals surface area contributed by atoms with Gasteiger partial charge in [-0.2, -0.15) is 4.98 Å². The van der Waals surface area contributed by atoms with Crippen LogP contribution in [-0.4, -0.2) is 36.4 Å². The first kappa shape index (κ1) is 13.1. The first-order valence-electron chi connectivity index (χ1n) is 5.74. The Bertz CT molecular complexity index is 289. The van der Waals surface area contributed by atoms with Gasteiger partial charge in [0.1, 0.15) is 0 Å². The molecule has 0 bridgehead atoms. The molecule has 5 heteroatoms. The number of hydrogen-bond donors (Lipinski definition) is 1. The first-order valence-corrected chi connectivity index (χ1v) is 5.74. The molecule has 0 aliphatic heterocycles. The molecule has 1 unspecified atom stereocenters. The third-order valence-corrected chi connectivity index (χ3v) is 2.38. The lowest BCUT2D eigenvalue weighted by Gasteiger charge is -2.12. The van der Waals surface area contributed by atoms with Crippen LogP contribution in [0.3, 0.4) is 0 Å². The summed E-state index contributed by atoms with van der Waals surface area (Å²) in [4.78, 5) is 4.15. The number of nitrogens with one attached hydrogen (secondary N) is 1. The fourth-order valence-corrected chi connectivity index (χ4v) is 1.43. The van der Waals surface area contributed by atoms with E-state index in [1.165, 1.54) is 0 Å². The zero-order valence-electron chi connectivity index (χ0n) is 10.3. The summed E-state index contributed by atoms with van der Waals surface area (Å²) in [7, 11) is 1.73. The van der Waals surface area contributed by atoms with Gasteiger partial charge >= 0.3 is 0 Å². The number of aromatic nitrogens is 2. The molecule has 0 fully saturated rings. The summed E-state index contributed by atoms with van der Waals surface area (Å²) in [6.07, 6.45) is 2.89. The third-order valence-electron chi connectivity index (χ3n) is 2.38. The van der Waals surface area contributed by atoms with Crippen LogP contribution in [-0.2, 0) is 11.2 Å². The van der Waals surface area contributed by atoms with Gasteiger partial charge < -0.3 is 14.6 Å². The van der Waals surface area contributed by atoms with Crippen LogP contribution in [0.2, 0.25) is 0 Å². The summed E-state index contributed by atoms with van der Waals surface area (Å²) in [5, 5.41) is 7.17. The predicted molar refractivity (Wildman–Crippen MR) is 61.3 cm³/mol. The van der Waals surface area contributed by atoms with Gasteiger partial charge in [-0.15, -0.1) is 0 Å². The van der Waals surface area contributed by atoms with Gasteiger partial charge in [0.25, 0.3) is 0 Å². The van der Waals surface area contributed by atoms with Gasteiger partial charge in [0, 0.05) is 26.2 Å². The molecule has 0 radical (unpaired) electrons. The SMILES string of the molecule is COCCC(C)NCCCc1nc(C)no1. The molecule has 1 rings (SSSR count). The van der Waals surface area contributed by atoms with E-state index in [0.717, 1.165) is 38.3 Å². The molecule has 0 spiro atoms. The van der Waals surface area contributed by atoms with Crippen molar-refractivity contribution in [3.63, 3.8) is 0 Å². The zero-order valence-corrected chi connectivity index (χ0v) is 10.3. The maximum atomic E-state index is 5.03. The molecule has 0 aliphatic rings. The van der Waals surface area contributed by atoms with Crippen molar-refractivity contribution in [1.82, 2.24) is 15.5 Å². The summed E-state index contributed by atoms with van der Waals surface area (Å²) in [5.41, 5.74) is 0. The van der Waals surface area contributed by atoms with Gasteiger partial charge in [0.15, 0.2) is 5.82 Å². The number of rotatable bonds is 8. The maximum Gasteiger partial charge on any atom is 0.226 e. The van der Waals surface area contributed by atoms with Crippen molar-refractivity contribution in [3.05, 3.63) is 11.7 Å². The smallest absolute Gasteiger partial charge is 0.226 e. The molecule has 0 saturated carbocycles. The predicted octanol–water partition coefficient (Wildman–Crippen LogP) is 1.33. The van der Waals surface area contributed by atoms with Gasteiger partial charge in [0.2, 0.25) is 5.89 Å². The molecule has 1 aromatic heterocycles. The van der Waals surface area contributed by atoms with E-state index in [1.807, 2.05) is 6.92 Å². The molecule has 5 nitrogen and oxygen atoms in total. The Labute approximate surface area is 96.6 Å². The van der Waals surface area contributed by atoms with E-state index in [9.17, 15) is 0 Å². The lowest BCUT2D eigenvalue weighted by atomic mass is 10.2. The molecule has 0 aliphatic carbocycles. The molecular weight excluding hydrogens is 206 g/mol. The normalized spacial score (nSPS) is 12.9. The Morgan fingerprint density at radius 2 is 2.31 bits per heavy atom. The first-order chi connectivity index (χ1) is 7.72. The summed E-state index contributed by atoms with van der Waals surface area (Å²) in [6.45, 7) is 5.76. The monoisotopic (exact) mass is 227 g/mol.